The van der Waals surface area contributed by atoms with Gasteiger partial charge >= 0.3 is 6.09 Å². The van der Waals surface area contributed by atoms with Crippen LogP contribution in [0.15, 0.2) is 59.6 Å². The number of pyridine rings is 1. The fourth-order valence-electron chi connectivity index (χ4n) is 5.58. The molecule has 5 rings (SSSR count). The van der Waals surface area contributed by atoms with Crippen molar-refractivity contribution >= 4 is 29.1 Å². The van der Waals surface area contributed by atoms with Crippen LogP contribution >= 0.6 is 0 Å². The van der Waals surface area contributed by atoms with Crippen molar-refractivity contribution in [1.82, 2.24) is 9.88 Å². The summed E-state index contributed by atoms with van der Waals surface area (Å²) in [5, 5.41) is 0.792. The van der Waals surface area contributed by atoms with Crippen LogP contribution in [0.4, 0.5) is 4.79 Å². The molecule has 1 aliphatic heterocycles. The SMILES string of the molecule is CCOc1ccc(-c2cc(C(=O)N=CC3CC4CN(C(=O)OC(C)(C)C)CC4C3)c3ccccc3n2)cc1. The van der Waals surface area contributed by atoms with Crippen LogP contribution in [0.3, 0.4) is 0 Å². The number of carbonyl (C=O) groups is 2. The highest BCUT2D eigenvalue weighted by atomic mass is 16.6. The molecular weight excluding hydrogens is 478 g/mol. The summed E-state index contributed by atoms with van der Waals surface area (Å²) in [6, 6.07) is 17.2. The van der Waals surface area contributed by atoms with E-state index < -0.39 is 5.60 Å². The summed E-state index contributed by atoms with van der Waals surface area (Å²) in [5.74, 6) is 1.61. The molecule has 7 heteroatoms. The number of likely N-dealkylation sites (tertiary alicyclic amines) is 1. The molecule has 2 unspecified atom stereocenters. The van der Waals surface area contributed by atoms with E-state index in [0.29, 0.717) is 37.1 Å². The maximum absolute atomic E-state index is 13.3. The molecule has 0 radical (unpaired) electrons. The van der Waals surface area contributed by atoms with E-state index >= 15 is 0 Å². The fourth-order valence-corrected chi connectivity index (χ4v) is 5.58. The Labute approximate surface area is 223 Å². The van der Waals surface area contributed by atoms with E-state index in [1.165, 1.54) is 0 Å². The maximum atomic E-state index is 13.3. The molecule has 2 heterocycles. The number of aliphatic imine (C=N–C) groups is 1. The molecule has 38 heavy (non-hydrogen) atoms. The smallest absolute Gasteiger partial charge is 0.410 e. The van der Waals surface area contributed by atoms with Gasteiger partial charge in [-0.1, -0.05) is 18.2 Å². The van der Waals surface area contributed by atoms with Crippen molar-refractivity contribution in [3.05, 3.63) is 60.2 Å². The van der Waals surface area contributed by atoms with Gasteiger partial charge in [-0.3, -0.25) is 4.79 Å². The van der Waals surface area contributed by atoms with Crippen LogP contribution in [-0.2, 0) is 4.74 Å². The highest BCUT2D eigenvalue weighted by Gasteiger charge is 2.43. The number of aromatic nitrogens is 1. The van der Waals surface area contributed by atoms with E-state index in [4.69, 9.17) is 14.5 Å². The zero-order chi connectivity index (χ0) is 26.9. The van der Waals surface area contributed by atoms with Crippen LogP contribution < -0.4 is 4.74 Å². The molecule has 2 fully saturated rings. The Bertz CT molecular complexity index is 1350. The second-order valence-electron chi connectivity index (χ2n) is 11.2. The zero-order valence-corrected chi connectivity index (χ0v) is 22.5. The first kappa shape index (κ1) is 25.9. The minimum absolute atomic E-state index is 0.230. The van der Waals surface area contributed by atoms with E-state index in [0.717, 1.165) is 40.8 Å². The van der Waals surface area contributed by atoms with Gasteiger partial charge in [-0.25, -0.2) is 14.8 Å². The lowest BCUT2D eigenvalue weighted by Gasteiger charge is -2.25. The average Bonchev–Trinajstić information content (AvgIpc) is 3.46. The predicted molar refractivity (Wildman–Crippen MR) is 149 cm³/mol. The number of para-hydroxylation sites is 1. The van der Waals surface area contributed by atoms with Gasteiger partial charge in [-0.05, 0) is 94.7 Å². The quantitative estimate of drug-likeness (QED) is 0.369. The van der Waals surface area contributed by atoms with Crippen LogP contribution in [0.2, 0.25) is 0 Å². The molecule has 0 N–H and O–H groups in total. The Morgan fingerprint density at radius 1 is 1.05 bits per heavy atom. The first-order chi connectivity index (χ1) is 18.2. The third-order valence-corrected chi connectivity index (χ3v) is 7.25. The molecule has 0 bridgehead atoms. The summed E-state index contributed by atoms with van der Waals surface area (Å²) in [7, 11) is 0. The lowest BCUT2D eigenvalue weighted by Crippen LogP contribution is -2.36. The van der Waals surface area contributed by atoms with Crippen LogP contribution in [0.1, 0.15) is 50.9 Å². The molecule has 198 valence electrons. The number of amides is 2. The van der Waals surface area contributed by atoms with Crippen molar-refractivity contribution in [3.8, 4) is 17.0 Å². The second-order valence-corrected chi connectivity index (χ2v) is 11.2. The molecule has 7 nitrogen and oxygen atoms in total. The molecule has 2 amide bonds. The maximum Gasteiger partial charge on any atom is 0.410 e. The van der Waals surface area contributed by atoms with Crippen molar-refractivity contribution in [2.24, 2.45) is 22.7 Å². The highest BCUT2D eigenvalue weighted by Crippen LogP contribution is 2.41. The van der Waals surface area contributed by atoms with E-state index in [1.54, 1.807) is 0 Å². The molecule has 1 aromatic heterocycles. The standard InChI is InChI=1S/C31H35N3O4/c1-5-37-24-12-10-21(11-13-24)28-16-26(25-8-6-7-9-27(25)33-28)29(35)32-17-20-14-22-18-34(19-23(22)15-20)30(36)38-31(2,3)4/h6-13,16-17,20,22-23H,5,14-15,18-19H2,1-4H3. The summed E-state index contributed by atoms with van der Waals surface area (Å²) in [6.45, 7) is 9.63. The Kier molecular flexibility index (Phi) is 7.19. The molecule has 1 saturated heterocycles. The molecule has 2 aromatic carbocycles. The molecule has 1 aliphatic carbocycles. The molecule has 2 atom stereocenters. The predicted octanol–water partition coefficient (Wildman–Crippen LogP) is 6.40. The number of fused-ring (bicyclic) bond motifs is 2. The zero-order valence-electron chi connectivity index (χ0n) is 22.5. The average molecular weight is 514 g/mol. The second kappa shape index (κ2) is 10.6. The lowest BCUT2D eigenvalue weighted by molar-refractivity contribution is 0.0279. The first-order valence-corrected chi connectivity index (χ1v) is 13.4. The summed E-state index contributed by atoms with van der Waals surface area (Å²) in [4.78, 5) is 36.8. The van der Waals surface area contributed by atoms with Crippen molar-refractivity contribution in [2.45, 2.75) is 46.1 Å². The Balaban J connectivity index is 1.29. The normalized spacial score (nSPS) is 21.2. The third kappa shape index (κ3) is 5.72. The van der Waals surface area contributed by atoms with Crippen LogP contribution in [-0.4, -0.2) is 53.4 Å². The third-order valence-electron chi connectivity index (χ3n) is 7.25. The van der Waals surface area contributed by atoms with Crippen LogP contribution in [0.25, 0.3) is 22.2 Å². The van der Waals surface area contributed by atoms with Gasteiger partial charge in [0.2, 0.25) is 0 Å². The highest BCUT2D eigenvalue weighted by molar-refractivity contribution is 6.09. The minimum atomic E-state index is -0.492. The Hall–Kier alpha value is -3.74. The van der Waals surface area contributed by atoms with Gasteiger partial charge in [0.25, 0.3) is 5.91 Å². The molecule has 0 spiro atoms. The lowest BCUT2D eigenvalue weighted by atomic mass is 10.0. The first-order valence-electron chi connectivity index (χ1n) is 13.4. The number of hydrogen-bond acceptors (Lipinski definition) is 5. The van der Waals surface area contributed by atoms with Gasteiger partial charge in [0.15, 0.2) is 0 Å². The fraction of sp³-hybridized carbons (Fsp3) is 0.419. The van der Waals surface area contributed by atoms with Gasteiger partial charge < -0.3 is 14.4 Å². The van der Waals surface area contributed by atoms with Gasteiger partial charge in [0, 0.05) is 30.3 Å². The number of rotatable bonds is 5. The Morgan fingerprint density at radius 3 is 2.39 bits per heavy atom. The molecular formula is C31H35N3O4. The largest absolute Gasteiger partial charge is 0.494 e. The van der Waals surface area contributed by atoms with Gasteiger partial charge in [0.05, 0.1) is 23.4 Å². The number of ether oxygens (including phenoxy) is 2. The van der Waals surface area contributed by atoms with Crippen molar-refractivity contribution in [3.63, 3.8) is 0 Å². The summed E-state index contributed by atoms with van der Waals surface area (Å²) >= 11 is 0. The van der Waals surface area contributed by atoms with E-state index in [1.807, 2.05) is 93.4 Å². The van der Waals surface area contributed by atoms with Gasteiger partial charge in [0.1, 0.15) is 11.4 Å². The summed E-state index contributed by atoms with van der Waals surface area (Å²) in [5.41, 5.74) is 2.45. The summed E-state index contributed by atoms with van der Waals surface area (Å²) in [6.07, 6.45) is 3.44. The van der Waals surface area contributed by atoms with Gasteiger partial charge in [-0.2, -0.15) is 0 Å². The number of hydrogen-bond donors (Lipinski definition) is 0. The number of benzene rings is 2. The van der Waals surface area contributed by atoms with Crippen LogP contribution in [0, 0.1) is 17.8 Å². The minimum Gasteiger partial charge on any atom is -0.494 e. The number of nitrogens with zero attached hydrogens (tertiary/aromatic N) is 3. The molecule has 1 saturated carbocycles. The van der Waals surface area contributed by atoms with E-state index in [-0.39, 0.29) is 17.9 Å². The van der Waals surface area contributed by atoms with Gasteiger partial charge in [-0.15, -0.1) is 0 Å². The van der Waals surface area contributed by atoms with E-state index in [2.05, 4.69) is 4.99 Å². The molecule has 2 aliphatic rings. The van der Waals surface area contributed by atoms with Crippen molar-refractivity contribution < 1.29 is 19.1 Å². The van der Waals surface area contributed by atoms with Crippen molar-refractivity contribution in [2.75, 3.05) is 19.7 Å². The topological polar surface area (TPSA) is 81.1 Å². The number of carbonyl (C=O) groups excluding carboxylic acids is 2. The molecule has 3 aromatic rings. The van der Waals surface area contributed by atoms with E-state index in [9.17, 15) is 9.59 Å². The monoisotopic (exact) mass is 513 g/mol. The van der Waals surface area contributed by atoms with Crippen molar-refractivity contribution in [1.29, 1.82) is 0 Å². The van der Waals surface area contributed by atoms with Crippen LogP contribution in [0.5, 0.6) is 5.75 Å². The summed E-state index contributed by atoms with van der Waals surface area (Å²) < 4.78 is 11.1. The Morgan fingerprint density at radius 2 is 1.74 bits per heavy atom.